The minimum absolute atomic E-state index is 0.535. The Morgan fingerprint density at radius 2 is 1.83 bits per heavy atom. The summed E-state index contributed by atoms with van der Waals surface area (Å²) in [4.78, 5) is 0. The van der Waals surface area contributed by atoms with Crippen molar-refractivity contribution in [2.45, 2.75) is 6.61 Å². The number of alkyl halides is 1. The SMILES string of the molecule is ClCCOCc1ccc(Cl)cc1. The van der Waals surface area contributed by atoms with Crippen LogP contribution in [0.2, 0.25) is 5.02 Å². The molecule has 0 saturated heterocycles. The molecule has 1 nitrogen and oxygen atoms in total. The molecule has 0 heterocycles. The number of hydrogen-bond donors (Lipinski definition) is 0. The second kappa shape index (κ2) is 5.41. The minimum atomic E-state index is 0.535. The second-order valence-corrected chi connectivity index (χ2v) is 3.18. The van der Waals surface area contributed by atoms with Crippen molar-refractivity contribution in [2.24, 2.45) is 0 Å². The average Bonchev–Trinajstić information content (AvgIpc) is 2.09. The van der Waals surface area contributed by atoms with Crippen LogP contribution in [0.25, 0.3) is 0 Å². The zero-order valence-electron chi connectivity index (χ0n) is 6.59. The van der Waals surface area contributed by atoms with E-state index in [-0.39, 0.29) is 0 Å². The van der Waals surface area contributed by atoms with Crippen molar-refractivity contribution in [3.05, 3.63) is 34.9 Å². The highest BCUT2D eigenvalue weighted by molar-refractivity contribution is 6.30. The maximum atomic E-state index is 5.71. The lowest BCUT2D eigenvalue weighted by Crippen LogP contribution is -1.95. The van der Waals surface area contributed by atoms with Gasteiger partial charge in [0.25, 0.3) is 0 Å². The summed E-state index contributed by atoms with van der Waals surface area (Å²) in [6.07, 6.45) is 0. The van der Waals surface area contributed by atoms with Crippen molar-refractivity contribution in [1.82, 2.24) is 0 Å². The summed E-state index contributed by atoms with van der Waals surface area (Å²) in [6, 6.07) is 7.58. The van der Waals surface area contributed by atoms with Gasteiger partial charge in [-0.3, -0.25) is 0 Å². The van der Waals surface area contributed by atoms with E-state index in [1.807, 2.05) is 24.3 Å². The monoisotopic (exact) mass is 204 g/mol. The Labute approximate surface area is 82.2 Å². The molecule has 1 aromatic carbocycles. The van der Waals surface area contributed by atoms with Gasteiger partial charge in [-0.25, -0.2) is 0 Å². The average molecular weight is 205 g/mol. The predicted octanol–water partition coefficient (Wildman–Crippen LogP) is 3.10. The first-order chi connectivity index (χ1) is 5.83. The van der Waals surface area contributed by atoms with Crippen LogP contribution in [0, 0.1) is 0 Å². The molecule has 0 aliphatic heterocycles. The van der Waals surface area contributed by atoms with Gasteiger partial charge in [0.1, 0.15) is 0 Å². The molecular weight excluding hydrogens is 195 g/mol. The maximum Gasteiger partial charge on any atom is 0.0717 e. The molecule has 0 N–H and O–H groups in total. The maximum absolute atomic E-state index is 5.71. The highest BCUT2D eigenvalue weighted by atomic mass is 35.5. The van der Waals surface area contributed by atoms with Crippen LogP contribution in [0.3, 0.4) is 0 Å². The summed E-state index contributed by atoms with van der Waals surface area (Å²) in [7, 11) is 0. The third kappa shape index (κ3) is 3.44. The molecule has 0 aliphatic carbocycles. The summed E-state index contributed by atoms with van der Waals surface area (Å²) < 4.78 is 5.23. The van der Waals surface area contributed by atoms with Crippen LogP contribution in [0.4, 0.5) is 0 Å². The van der Waals surface area contributed by atoms with Crippen molar-refractivity contribution in [3.8, 4) is 0 Å². The van der Waals surface area contributed by atoms with E-state index in [1.165, 1.54) is 0 Å². The molecule has 0 unspecified atom stereocenters. The first-order valence-electron chi connectivity index (χ1n) is 3.71. The fraction of sp³-hybridized carbons (Fsp3) is 0.333. The van der Waals surface area contributed by atoms with E-state index in [1.54, 1.807) is 0 Å². The lowest BCUT2D eigenvalue weighted by atomic mass is 10.2. The third-order valence-corrected chi connectivity index (χ3v) is 1.81. The molecule has 66 valence electrons. The second-order valence-electron chi connectivity index (χ2n) is 2.37. The number of halogens is 2. The van der Waals surface area contributed by atoms with Gasteiger partial charge < -0.3 is 4.74 Å². The van der Waals surface area contributed by atoms with Crippen molar-refractivity contribution in [2.75, 3.05) is 12.5 Å². The summed E-state index contributed by atoms with van der Waals surface area (Å²) in [5.74, 6) is 0.535. The zero-order valence-corrected chi connectivity index (χ0v) is 8.11. The van der Waals surface area contributed by atoms with Gasteiger partial charge in [0.15, 0.2) is 0 Å². The van der Waals surface area contributed by atoms with Crippen molar-refractivity contribution in [3.63, 3.8) is 0 Å². The number of rotatable bonds is 4. The van der Waals surface area contributed by atoms with E-state index in [0.717, 1.165) is 10.6 Å². The molecule has 0 spiro atoms. The lowest BCUT2D eigenvalue weighted by molar-refractivity contribution is 0.136. The Bertz CT molecular complexity index is 220. The Morgan fingerprint density at radius 3 is 2.42 bits per heavy atom. The Morgan fingerprint density at radius 1 is 1.17 bits per heavy atom. The molecule has 0 amide bonds. The highest BCUT2D eigenvalue weighted by Crippen LogP contribution is 2.09. The van der Waals surface area contributed by atoms with E-state index in [4.69, 9.17) is 27.9 Å². The first kappa shape index (κ1) is 9.85. The third-order valence-electron chi connectivity index (χ3n) is 1.40. The number of hydrogen-bond acceptors (Lipinski definition) is 1. The van der Waals surface area contributed by atoms with Gasteiger partial charge in [0.2, 0.25) is 0 Å². The normalized spacial score (nSPS) is 10.2. The lowest BCUT2D eigenvalue weighted by Gasteiger charge is -2.01. The summed E-state index contributed by atoms with van der Waals surface area (Å²) >= 11 is 11.2. The molecule has 0 saturated carbocycles. The van der Waals surface area contributed by atoms with E-state index in [0.29, 0.717) is 19.1 Å². The van der Waals surface area contributed by atoms with Crippen molar-refractivity contribution < 1.29 is 4.74 Å². The van der Waals surface area contributed by atoms with E-state index < -0.39 is 0 Å². The van der Waals surface area contributed by atoms with Gasteiger partial charge in [-0.2, -0.15) is 0 Å². The van der Waals surface area contributed by atoms with Crippen LogP contribution < -0.4 is 0 Å². The van der Waals surface area contributed by atoms with Gasteiger partial charge in [-0.05, 0) is 17.7 Å². The fourth-order valence-corrected chi connectivity index (χ4v) is 1.06. The summed E-state index contributed by atoms with van der Waals surface area (Å²) in [5, 5.41) is 0.746. The molecule has 0 bridgehead atoms. The molecule has 1 rings (SSSR count). The molecule has 0 fully saturated rings. The van der Waals surface area contributed by atoms with Crippen LogP contribution in [0.1, 0.15) is 5.56 Å². The summed E-state index contributed by atoms with van der Waals surface area (Å²) in [6.45, 7) is 1.19. The number of ether oxygens (including phenoxy) is 1. The van der Waals surface area contributed by atoms with Crippen molar-refractivity contribution >= 4 is 23.2 Å². The van der Waals surface area contributed by atoms with Crippen LogP contribution in [-0.4, -0.2) is 12.5 Å². The largest absolute Gasteiger partial charge is 0.376 e. The van der Waals surface area contributed by atoms with Crippen molar-refractivity contribution in [1.29, 1.82) is 0 Å². The van der Waals surface area contributed by atoms with Crippen LogP contribution in [0.5, 0.6) is 0 Å². The molecular formula is C9H10Cl2O. The number of benzene rings is 1. The van der Waals surface area contributed by atoms with E-state index in [2.05, 4.69) is 0 Å². The van der Waals surface area contributed by atoms with Crippen LogP contribution >= 0.6 is 23.2 Å². The van der Waals surface area contributed by atoms with Gasteiger partial charge >= 0.3 is 0 Å². The van der Waals surface area contributed by atoms with Crippen LogP contribution in [-0.2, 0) is 11.3 Å². The Balaban J connectivity index is 2.37. The quantitative estimate of drug-likeness (QED) is 0.542. The molecule has 0 radical (unpaired) electrons. The molecule has 0 atom stereocenters. The molecule has 0 aromatic heterocycles. The molecule has 3 heteroatoms. The van der Waals surface area contributed by atoms with Gasteiger partial charge in [-0.15, -0.1) is 11.6 Å². The molecule has 12 heavy (non-hydrogen) atoms. The molecule has 0 aliphatic rings. The van der Waals surface area contributed by atoms with Gasteiger partial charge in [0, 0.05) is 10.9 Å². The Kier molecular flexibility index (Phi) is 4.44. The topological polar surface area (TPSA) is 9.23 Å². The van der Waals surface area contributed by atoms with Gasteiger partial charge in [-0.1, -0.05) is 23.7 Å². The van der Waals surface area contributed by atoms with E-state index >= 15 is 0 Å². The van der Waals surface area contributed by atoms with Crippen LogP contribution in [0.15, 0.2) is 24.3 Å². The Hall–Kier alpha value is -0.240. The van der Waals surface area contributed by atoms with E-state index in [9.17, 15) is 0 Å². The van der Waals surface area contributed by atoms with Gasteiger partial charge in [0.05, 0.1) is 13.2 Å². The zero-order chi connectivity index (χ0) is 8.81. The highest BCUT2D eigenvalue weighted by Gasteiger charge is 1.92. The first-order valence-corrected chi connectivity index (χ1v) is 4.62. The standard InChI is InChI=1S/C9H10Cl2O/c10-5-6-12-7-8-1-3-9(11)4-2-8/h1-4H,5-7H2. The minimum Gasteiger partial charge on any atom is -0.376 e. The predicted molar refractivity (Wildman–Crippen MR) is 51.8 cm³/mol. The summed E-state index contributed by atoms with van der Waals surface area (Å²) in [5.41, 5.74) is 1.12. The molecule has 1 aromatic rings. The fourth-order valence-electron chi connectivity index (χ4n) is 0.825. The smallest absolute Gasteiger partial charge is 0.0717 e.